The molecule has 1 nitrogen and oxygen atoms in total. The highest BCUT2D eigenvalue weighted by Gasteiger charge is 2.17. The third-order valence-corrected chi connectivity index (χ3v) is 1.68. The summed E-state index contributed by atoms with van der Waals surface area (Å²) in [6.45, 7) is 5.29. The van der Waals surface area contributed by atoms with E-state index in [2.05, 4.69) is 6.58 Å². The van der Waals surface area contributed by atoms with Gasteiger partial charge in [-0.2, -0.15) is 0 Å². The lowest BCUT2D eigenvalue weighted by molar-refractivity contribution is 0.151. The number of hydrogen-bond acceptors (Lipinski definition) is 1. The molecule has 0 bridgehead atoms. The normalized spacial score (nSPS) is 17.4. The summed E-state index contributed by atoms with van der Waals surface area (Å²) >= 11 is 10.7. The molecule has 0 amide bonds. The van der Waals surface area contributed by atoms with Crippen molar-refractivity contribution in [1.29, 1.82) is 0 Å². The zero-order chi connectivity index (χ0) is 7.44. The Labute approximate surface area is 65.3 Å². The maximum atomic E-state index is 9.06. The van der Waals surface area contributed by atoms with Crippen LogP contribution >= 0.6 is 23.2 Å². The summed E-state index contributed by atoms with van der Waals surface area (Å²) in [4.78, 5) is -0.724. The van der Waals surface area contributed by atoms with Gasteiger partial charge >= 0.3 is 0 Å². The molecule has 0 aliphatic carbocycles. The summed E-state index contributed by atoms with van der Waals surface area (Å²) < 4.78 is 0. The third-order valence-electron chi connectivity index (χ3n) is 1.17. The number of alkyl halides is 2. The van der Waals surface area contributed by atoms with E-state index in [0.29, 0.717) is 0 Å². The lowest BCUT2D eigenvalue weighted by Crippen LogP contribution is -2.22. The molecular formula is C6H10Cl2O. The van der Waals surface area contributed by atoms with Crippen molar-refractivity contribution >= 4 is 23.2 Å². The smallest absolute Gasteiger partial charge is 0.134 e. The fourth-order valence-electron chi connectivity index (χ4n) is 0.369. The average molecular weight is 169 g/mol. The average Bonchev–Trinajstić information content (AvgIpc) is 1.84. The van der Waals surface area contributed by atoms with Gasteiger partial charge in [-0.05, 0) is 0 Å². The Kier molecular flexibility index (Phi) is 4.28. The minimum atomic E-state index is -0.724. The van der Waals surface area contributed by atoms with Crippen LogP contribution in [0.3, 0.4) is 0 Å². The molecule has 2 atom stereocenters. The predicted molar refractivity (Wildman–Crippen MR) is 40.9 cm³/mol. The fraction of sp³-hybridized carbons (Fsp3) is 0.667. The first-order valence-electron chi connectivity index (χ1n) is 2.68. The Balaban J connectivity index is 3.71. The minimum absolute atomic E-state index is 0.0509. The van der Waals surface area contributed by atoms with E-state index < -0.39 is 10.9 Å². The van der Waals surface area contributed by atoms with Crippen LogP contribution in [-0.4, -0.2) is 16.0 Å². The van der Waals surface area contributed by atoms with E-state index in [1.807, 2.05) is 0 Å². The fourth-order valence-corrected chi connectivity index (χ4v) is 0.828. The van der Waals surface area contributed by atoms with Crippen molar-refractivity contribution in [3.05, 3.63) is 12.7 Å². The molecule has 0 aromatic carbocycles. The van der Waals surface area contributed by atoms with Crippen LogP contribution in [0.1, 0.15) is 6.92 Å². The second-order valence-electron chi connectivity index (χ2n) is 1.92. The van der Waals surface area contributed by atoms with E-state index in [4.69, 9.17) is 28.3 Å². The maximum absolute atomic E-state index is 9.06. The zero-order valence-electron chi connectivity index (χ0n) is 5.22. The van der Waals surface area contributed by atoms with E-state index in [9.17, 15) is 0 Å². The van der Waals surface area contributed by atoms with E-state index >= 15 is 0 Å². The molecule has 0 saturated heterocycles. The van der Waals surface area contributed by atoms with Crippen LogP contribution in [0.2, 0.25) is 0 Å². The highest BCUT2D eigenvalue weighted by Crippen LogP contribution is 2.15. The van der Waals surface area contributed by atoms with Gasteiger partial charge < -0.3 is 5.11 Å². The topological polar surface area (TPSA) is 20.2 Å². The molecule has 9 heavy (non-hydrogen) atoms. The summed E-state index contributed by atoms with van der Waals surface area (Å²) in [5.41, 5.74) is 0. The first-order valence-corrected chi connectivity index (χ1v) is 3.55. The Morgan fingerprint density at radius 1 is 1.56 bits per heavy atom. The van der Waals surface area contributed by atoms with Gasteiger partial charge in [-0.25, -0.2) is 0 Å². The number of halogens is 2. The van der Waals surface area contributed by atoms with Crippen LogP contribution in [0, 0.1) is 5.92 Å². The molecule has 0 radical (unpaired) electrons. The van der Waals surface area contributed by atoms with Crippen LogP contribution in [0.15, 0.2) is 12.7 Å². The molecule has 3 heteroatoms. The molecule has 0 aromatic heterocycles. The molecule has 54 valence electrons. The maximum Gasteiger partial charge on any atom is 0.134 e. The van der Waals surface area contributed by atoms with Gasteiger partial charge in [-0.15, -0.1) is 29.8 Å². The molecule has 0 heterocycles. The van der Waals surface area contributed by atoms with Crippen molar-refractivity contribution in [2.75, 3.05) is 0 Å². The molecule has 0 saturated carbocycles. The number of aliphatic hydroxyl groups excluding tert-OH is 1. The van der Waals surface area contributed by atoms with Gasteiger partial charge in [0.15, 0.2) is 0 Å². The highest BCUT2D eigenvalue weighted by atomic mass is 35.5. The van der Waals surface area contributed by atoms with Crippen LogP contribution in [0.5, 0.6) is 0 Å². The number of rotatable bonds is 3. The molecule has 0 rings (SSSR count). The Bertz CT molecular complexity index is 93.1. The minimum Gasteiger partial charge on any atom is -0.390 e. The lowest BCUT2D eigenvalue weighted by atomic mass is 10.1. The molecule has 0 aliphatic heterocycles. The highest BCUT2D eigenvalue weighted by molar-refractivity contribution is 6.44. The standard InChI is InChI=1S/C6H10Cl2O/c1-3-4(2)5(9)6(7)8/h3-6,9H,1H2,2H3/t4-,5-/m0/s1. The Hall–Kier alpha value is 0.280. The molecule has 0 aliphatic rings. The second-order valence-corrected chi connectivity index (χ2v) is 3.08. The van der Waals surface area contributed by atoms with E-state index in [1.165, 1.54) is 0 Å². The quantitative estimate of drug-likeness (QED) is 0.505. The van der Waals surface area contributed by atoms with Crippen molar-refractivity contribution < 1.29 is 5.11 Å². The van der Waals surface area contributed by atoms with Gasteiger partial charge in [0.25, 0.3) is 0 Å². The van der Waals surface area contributed by atoms with Crippen molar-refractivity contribution in [1.82, 2.24) is 0 Å². The molecule has 0 spiro atoms. The molecule has 1 N–H and O–H groups in total. The number of aliphatic hydroxyl groups is 1. The molecule has 0 unspecified atom stereocenters. The van der Waals surface area contributed by atoms with Crippen molar-refractivity contribution in [2.45, 2.75) is 17.9 Å². The van der Waals surface area contributed by atoms with Gasteiger partial charge in [-0.3, -0.25) is 0 Å². The predicted octanol–water partition coefficient (Wildman–Crippen LogP) is 1.97. The molecule has 0 fully saturated rings. The summed E-state index contributed by atoms with van der Waals surface area (Å²) in [6.07, 6.45) is 0.911. The third kappa shape index (κ3) is 3.09. The van der Waals surface area contributed by atoms with Gasteiger partial charge in [0.2, 0.25) is 0 Å². The Morgan fingerprint density at radius 3 is 2.11 bits per heavy atom. The second kappa shape index (κ2) is 4.15. The van der Waals surface area contributed by atoms with Crippen LogP contribution in [0.25, 0.3) is 0 Å². The van der Waals surface area contributed by atoms with E-state index in [0.717, 1.165) is 0 Å². The first kappa shape index (κ1) is 9.28. The monoisotopic (exact) mass is 168 g/mol. The van der Waals surface area contributed by atoms with Crippen LogP contribution in [0.4, 0.5) is 0 Å². The summed E-state index contributed by atoms with van der Waals surface area (Å²) in [6, 6.07) is 0. The van der Waals surface area contributed by atoms with Crippen molar-refractivity contribution in [3.63, 3.8) is 0 Å². The zero-order valence-corrected chi connectivity index (χ0v) is 6.73. The summed E-state index contributed by atoms with van der Waals surface area (Å²) in [5, 5.41) is 9.06. The van der Waals surface area contributed by atoms with Gasteiger partial charge in [0.1, 0.15) is 4.84 Å². The van der Waals surface area contributed by atoms with Gasteiger partial charge in [0.05, 0.1) is 6.10 Å². The Morgan fingerprint density at radius 2 is 2.00 bits per heavy atom. The first-order chi connectivity index (χ1) is 4.09. The molecular weight excluding hydrogens is 159 g/mol. The largest absolute Gasteiger partial charge is 0.390 e. The van der Waals surface area contributed by atoms with E-state index in [-0.39, 0.29) is 5.92 Å². The molecule has 0 aromatic rings. The van der Waals surface area contributed by atoms with E-state index in [1.54, 1.807) is 13.0 Å². The van der Waals surface area contributed by atoms with Gasteiger partial charge in [0, 0.05) is 5.92 Å². The van der Waals surface area contributed by atoms with Crippen molar-refractivity contribution in [2.24, 2.45) is 5.92 Å². The summed E-state index contributed by atoms with van der Waals surface area (Å²) in [7, 11) is 0. The van der Waals surface area contributed by atoms with Crippen molar-refractivity contribution in [3.8, 4) is 0 Å². The van der Waals surface area contributed by atoms with Crippen LogP contribution in [-0.2, 0) is 0 Å². The number of hydrogen-bond donors (Lipinski definition) is 1. The SMILES string of the molecule is C=C[C@H](C)[C@H](O)C(Cl)Cl. The lowest BCUT2D eigenvalue weighted by Gasteiger charge is -2.14. The van der Waals surface area contributed by atoms with Gasteiger partial charge in [-0.1, -0.05) is 13.0 Å². The van der Waals surface area contributed by atoms with Crippen LogP contribution < -0.4 is 0 Å². The summed E-state index contributed by atoms with van der Waals surface area (Å²) in [5.74, 6) is -0.0509.